The first kappa shape index (κ1) is 23.0. The molecule has 164 valence electrons. The van der Waals surface area contributed by atoms with Gasteiger partial charge in [0.2, 0.25) is 0 Å². The normalized spacial score (nSPS) is 10.9. The van der Waals surface area contributed by atoms with E-state index in [1.165, 1.54) is 30.5 Å². The molecular formula is C21H17Cl2N5O4. The van der Waals surface area contributed by atoms with E-state index < -0.39 is 16.7 Å². The van der Waals surface area contributed by atoms with Crippen molar-refractivity contribution in [1.82, 2.24) is 9.99 Å². The topological polar surface area (TPSA) is 119 Å². The summed E-state index contributed by atoms with van der Waals surface area (Å²) in [6.07, 6.45) is 1.42. The molecule has 0 unspecified atom stereocenters. The van der Waals surface area contributed by atoms with E-state index in [9.17, 15) is 19.7 Å². The number of non-ortho nitro benzene ring substituents is 1. The van der Waals surface area contributed by atoms with Gasteiger partial charge in [-0.15, -0.1) is 0 Å². The Bertz CT molecular complexity index is 1220. The number of hydrogen-bond acceptors (Lipinski definition) is 5. The Kier molecular flexibility index (Phi) is 6.92. The van der Waals surface area contributed by atoms with Gasteiger partial charge in [0.15, 0.2) is 0 Å². The molecule has 0 aliphatic rings. The lowest BCUT2D eigenvalue weighted by atomic mass is 10.2. The van der Waals surface area contributed by atoms with Crippen LogP contribution in [0.5, 0.6) is 0 Å². The Morgan fingerprint density at radius 3 is 2.25 bits per heavy atom. The van der Waals surface area contributed by atoms with Crippen LogP contribution in [-0.4, -0.2) is 27.5 Å². The van der Waals surface area contributed by atoms with Crippen LogP contribution in [0.25, 0.3) is 5.69 Å². The molecule has 2 N–H and O–H groups in total. The average molecular weight is 474 g/mol. The molecule has 0 aliphatic heterocycles. The van der Waals surface area contributed by atoms with Crippen LogP contribution in [-0.2, 0) is 9.59 Å². The van der Waals surface area contributed by atoms with Gasteiger partial charge in [-0.25, -0.2) is 5.43 Å². The maximum atomic E-state index is 12.0. The van der Waals surface area contributed by atoms with E-state index in [0.29, 0.717) is 10.0 Å². The third kappa shape index (κ3) is 5.32. The van der Waals surface area contributed by atoms with Crippen LogP contribution in [0.4, 0.5) is 11.4 Å². The van der Waals surface area contributed by atoms with Crippen LogP contribution in [0.1, 0.15) is 17.0 Å². The summed E-state index contributed by atoms with van der Waals surface area (Å²) in [5, 5.41) is 17.8. The molecule has 9 nitrogen and oxygen atoms in total. The van der Waals surface area contributed by atoms with Crippen molar-refractivity contribution in [2.45, 2.75) is 13.8 Å². The molecule has 0 bridgehead atoms. The molecular weight excluding hydrogens is 457 g/mol. The molecule has 2 amide bonds. The molecule has 3 aromatic rings. The fraction of sp³-hybridized carbons (Fsp3) is 0.0952. The average Bonchev–Trinajstić information content (AvgIpc) is 3.00. The van der Waals surface area contributed by atoms with E-state index in [1.54, 1.807) is 18.2 Å². The highest BCUT2D eigenvalue weighted by Gasteiger charge is 2.15. The number of anilines is 1. The van der Waals surface area contributed by atoms with Crippen molar-refractivity contribution in [1.29, 1.82) is 0 Å². The molecule has 32 heavy (non-hydrogen) atoms. The largest absolute Gasteiger partial charge is 0.329 e. The minimum absolute atomic E-state index is 0.130. The van der Waals surface area contributed by atoms with Gasteiger partial charge in [0, 0.05) is 50.5 Å². The monoisotopic (exact) mass is 473 g/mol. The van der Waals surface area contributed by atoms with Gasteiger partial charge >= 0.3 is 11.8 Å². The summed E-state index contributed by atoms with van der Waals surface area (Å²) in [7, 11) is 0. The van der Waals surface area contributed by atoms with Crippen molar-refractivity contribution < 1.29 is 14.5 Å². The second-order valence-electron chi connectivity index (χ2n) is 6.75. The maximum absolute atomic E-state index is 12.0. The van der Waals surface area contributed by atoms with E-state index in [4.69, 9.17) is 23.2 Å². The number of hydrazone groups is 1. The molecule has 3 rings (SSSR count). The van der Waals surface area contributed by atoms with Gasteiger partial charge in [0.25, 0.3) is 5.69 Å². The molecule has 1 heterocycles. The molecule has 11 heteroatoms. The minimum atomic E-state index is -0.991. The number of amides is 2. The van der Waals surface area contributed by atoms with Gasteiger partial charge in [-0.2, -0.15) is 5.10 Å². The van der Waals surface area contributed by atoms with Crippen LogP contribution < -0.4 is 10.7 Å². The van der Waals surface area contributed by atoms with E-state index in [1.807, 2.05) is 24.5 Å². The van der Waals surface area contributed by atoms with Crippen molar-refractivity contribution in [3.05, 3.63) is 85.6 Å². The molecule has 0 atom stereocenters. The van der Waals surface area contributed by atoms with E-state index >= 15 is 0 Å². The quantitative estimate of drug-likeness (QED) is 0.247. The number of rotatable bonds is 5. The number of aromatic nitrogens is 1. The van der Waals surface area contributed by atoms with Gasteiger partial charge in [0.1, 0.15) is 0 Å². The smallest absolute Gasteiger partial charge is 0.318 e. The van der Waals surface area contributed by atoms with Crippen molar-refractivity contribution in [2.75, 3.05) is 5.32 Å². The lowest BCUT2D eigenvalue weighted by Gasteiger charge is -2.10. The number of benzene rings is 2. The summed E-state index contributed by atoms with van der Waals surface area (Å²) in [4.78, 5) is 34.1. The van der Waals surface area contributed by atoms with Crippen molar-refractivity contribution >= 4 is 52.6 Å². The van der Waals surface area contributed by atoms with Gasteiger partial charge in [-0.05, 0) is 50.2 Å². The minimum Gasteiger partial charge on any atom is -0.318 e. The molecule has 0 aliphatic carbocycles. The Morgan fingerprint density at radius 2 is 1.66 bits per heavy atom. The van der Waals surface area contributed by atoms with Crippen LogP contribution in [0.2, 0.25) is 10.0 Å². The molecule has 0 fully saturated rings. The van der Waals surface area contributed by atoms with Crippen molar-refractivity contribution in [3.63, 3.8) is 0 Å². The van der Waals surface area contributed by atoms with E-state index in [0.717, 1.165) is 22.6 Å². The van der Waals surface area contributed by atoms with Gasteiger partial charge in [0.05, 0.1) is 11.1 Å². The first-order chi connectivity index (χ1) is 15.2. The maximum Gasteiger partial charge on any atom is 0.329 e. The standard InChI is InChI=1S/C21H17Cl2N5O4/c1-12-7-14(13(2)27(12)19-9-15(22)8-16(23)10-19)11-24-26-21(30)20(29)25-17-3-5-18(6-4-17)28(31)32/h3-11H,1-2H3,(H,25,29)(H,26,30)/b24-11-. The Labute approximate surface area is 192 Å². The zero-order valence-corrected chi connectivity index (χ0v) is 18.4. The second kappa shape index (κ2) is 9.63. The van der Waals surface area contributed by atoms with E-state index in [-0.39, 0.29) is 11.4 Å². The first-order valence-electron chi connectivity index (χ1n) is 9.20. The number of halogens is 2. The fourth-order valence-electron chi connectivity index (χ4n) is 3.05. The van der Waals surface area contributed by atoms with Crippen molar-refractivity contribution in [2.24, 2.45) is 5.10 Å². The summed E-state index contributed by atoms with van der Waals surface area (Å²) in [5.41, 5.74) is 5.48. The molecule has 2 aromatic carbocycles. The highest BCUT2D eigenvalue weighted by atomic mass is 35.5. The highest BCUT2D eigenvalue weighted by Crippen LogP contribution is 2.26. The zero-order valence-electron chi connectivity index (χ0n) is 16.9. The van der Waals surface area contributed by atoms with Gasteiger partial charge in [-0.3, -0.25) is 19.7 Å². The molecule has 0 spiro atoms. The fourth-order valence-corrected chi connectivity index (χ4v) is 3.56. The van der Waals surface area contributed by atoms with Crippen molar-refractivity contribution in [3.8, 4) is 5.69 Å². The molecule has 0 saturated carbocycles. The first-order valence-corrected chi connectivity index (χ1v) is 9.95. The predicted molar refractivity (Wildman–Crippen MR) is 123 cm³/mol. The Hall–Kier alpha value is -3.69. The summed E-state index contributed by atoms with van der Waals surface area (Å²) in [6, 6.07) is 12.1. The summed E-state index contributed by atoms with van der Waals surface area (Å²) >= 11 is 12.2. The number of nitro groups is 1. The van der Waals surface area contributed by atoms with E-state index in [2.05, 4.69) is 15.8 Å². The SMILES string of the molecule is Cc1cc(/C=N\NC(=O)C(=O)Nc2ccc([N+](=O)[O-])cc2)c(C)n1-c1cc(Cl)cc(Cl)c1. The Morgan fingerprint density at radius 1 is 1.03 bits per heavy atom. The predicted octanol–water partition coefficient (Wildman–Crippen LogP) is 4.40. The molecule has 1 aromatic heterocycles. The molecule has 0 saturated heterocycles. The Balaban J connectivity index is 1.67. The second-order valence-corrected chi connectivity index (χ2v) is 7.62. The third-order valence-electron chi connectivity index (χ3n) is 4.49. The van der Waals surface area contributed by atoms with Crippen LogP contribution in [0.3, 0.4) is 0 Å². The number of carbonyl (C=O) groups excluding carboxylic acids is 2. The summed E-state index contributed by atoms with van der Waals surface area (Å²) in [6.45, 7) is 3.77. The number of nitro benzene ring substituents is 1. The number of aryl methyl sites for hydroxylation is 1. The van der Waals surface area contributed by atoms with Crippen LogP contribution >= 0.6 is 23.2 Å². The lowest BCUT2D eigenvalue weighted by Crippen LogP contribution is -2.32. The zero-order chi connectivity index (χ0) is 23.4. The van der Waals surface area contributed by atoms with Crippen LogP contribution in [0, 0.1) is 24.0 Å². The number of nitrogens with one attached hydrogen (secondary N) is 2. The van der Waals surface area contributed by atoms with Gasteiger partial charge in [-0.1, -0.05) is 23.2 Å². The highest BCUT2D eigenvalue weighted by molar-refractivity contribution is 6.39. The van der Waals surface area contributed by atoms with Crippen LogP contribution in [0.15, 0.2) is 53.6 Å². The third-order valence-corrected chi connectivity index (χ3v) is 4.92. The molecule has 0 radical (unpaired) electrons. The summed E-state index contributed by atoms with van der Waals surface area (Å²) in [5.74, 6) is -1.95. The lowest BCUT2D eigenvalue weighted by molar-refractivity contribution is -0.384. The number of hydrogen-bond donors (Lipinski definition) is 2. The number of carbonyl (C=O) groups is 2. The number of nitrogens with zero attached hydrogens (tertiary/aromatic N) is 3. The summed E-state index contributed by atoms with van der Waals surface area (Å²) < 4.78 is 1.93. The van der Waals surface area contributed by atoms with Gasteiger partial charge < -0.3 is 9.88 Å².